The van der Waals surface area contributed by atoms with E-state index in [-0.39, 0.29) is 11.8 Å². The molecule has 0 N–H and O–H groups in total. The standard InChI is InChI=1S/C14H17N5O2/c1-2-12(20)19-8-4-5-10(9-19)14-16-13(18-21-14)11-6-3-7-15-17-11/h3,6-7,10H,2,4-5,8-9H2,1H3/t10-/m0/s1. The maximum atomic E-state index is 11.8. The maximum Gasteiger partial charge on any atom is 0.231 e. The second kappa shape index (κ2) is 5.99. The normalized spacial score (nSPS) is 18.7. The van der Waals surface area contributed by atoms with E-state index in [9.17, 15) is 4.79 Å². The highest BCUT2D eigenvalue weighted by Gasteiger charge is 2.28. The van der Waals surface area contributed by atoms with Crippen LogP contribution in [0.2, 0.25) is 0 Å². The number of likely N-dealkylation sites (tertiary alicyclic amines) is 1. The van der Waals surface area contributed by atoms with Gasteiger partial charge in [-0.3, -0.25) is 4.79 Å². The fraction of sp³-hybridized carbons (Fsp3) is 0.500. The summed E-state index contributed by atoms with van der Waals surface area (Å²) in [6, 6.07) is 3.57. The molecule has 0 spiro atoms. The summed E-state index contributed by atoms with van der Waals surface area (Å²) in [6.45, 7) is 3.34. The molecule has 2 aromatic heterocycles. The largest absolute Gasteiger partial charge is 0.342 e. The summed E-state index contributed by atoms with van der Waals surface area (Å²) in [5.41, 5.74) is 0.588. The predicted molar refractivity (Wildman–Crippen MR) is 74.2 cm³/mol. The van der Waals surface area contributed by atoms with Crippen LogP contribution in [0.1, 0.15) is 38.0 Å². The van der Waals surface area contributed by atoms with Gasteiger partial charge in [0.2, 0.25) is 17.6 Å². The highest BCUT2D eigenvalue weighted by Crippen LogP contribution is 2.27. The Labute approximate surface area is 122 Å². The number of piperidine rings is 1. The van der Waals surface area contributed by atoms with E-state index in [0.717, 1.165) is 19.4 Å². The van der Waals surface area contributed by atoms with Crippen molar-refractivity contribution in [3.8, 4) is 11.5 Å². The molecule has 1 fully saturated rings. The zero-order valence-corrected chi connectivity index (χ0v) is 11.9. The molecule has 110 valence electrons. The Hall–Kier alpha value is -2.31. The summed E-state index contributed by atoms with van der Waals surface area (Å²) in [4.78, 5) is 18.1. The molecule has 1 saturated heterocycles. The molecule has 0 saturated carbocycles. The molecule has 3 heterocycles. The van der Waals surface area contributed by atoms with E-state index in [0.29, 0.717) is 30.4 Å². The Bertz CT molecular complexity index is 613. The van der Waals surface area contributed by atoms with E-state index in [4.69, 9.17) is 4.52 Å². The minimum absolute atomic E-state index is 0.104. The van der Waals surface area contributed by atoms with Crippen LogP contribution >= 0.6 is 0 Å². The lowest BCUT2D eigenvalue weighted by atomic mass is 9.98. The van der Waals surface area contributed by atoms with Crippen LogP contribution in [0.25, 0.3) is 11.5 Å². The van der Waals surface area contributed by atoms with E-state index in [1.165, 1.54) is 0 Å². The van der Waals surface area contributed by atoms with Crippen molar-refractivity contribution >= 4 is 5.91 Å². The van der Waals surface area contributed by atoms with Crippen LogP contribution in [0.3, 0.4) is 0 Å². The lowest BCUT2D eigenvalue weighted by Gasteiger charge is -2.30. The molecule has 1 amide bonds. The Kier molecular flexibility index (Phi) is 3.89. The number of amides is 1. The Morgan fingerprint density at radius 3 is 3.19 bits per heavy atom. The molecule has 2 aromatic rings. The first-order valence-electron chi connectivity index (χ1n) is 7.17. The molecule has 0 aromatic carbocycles. The molecule has 1 atom stereocenters. The molecule has 7 nitrogen and oxygen atoms in total. The monoisotopic (exact) mass is 287 g/mol. The van der Waals surface area contributed by atoms with Crippen molar-refractivity contribution in [2.45, 2.75) is 32.1 Å². The summed E-state index contributed by atoms with van der Waals surface area (Å²) in [6.07, 6.45) is 4.04. The predicted octanol–water partition coefficient (Wildman–Crippen LogP) is 1.64. The molecule has 0 aliphatic carbocycles. The van der Waals surface area contributed by atoms with Gasteiger partial charge in [-0.1, -0.05) is 12.1 Å². The van der Waals surface area contributed by atoms with Crippen LogP contribution in [-0.2, 0) is 4.79 Å². The molecule has 21 heavy (non-hydrogen) atoms. The summed E-state index contributed by atoms with van der Waals surface area (Å²) < 4.78 is 5.35. The second-order valence-electron chi connectivity index (χ2n) is 5.10. The van der Waals surface area contributed by atoms with E-state index in [1.807, 2.05) is 11.8 Å². The number of carbonyl (C=O) groups excluding carboxylic acids is 1. The maximum absolute atomic E-state index is 11.8. The van der Waals surface area contributed by atoms with Gasteiger partial charge in [0.1, 0.15) is 5.69 Å². The second-order valence-corrected chi connectivity index (χ2v) is 5.10. The van der Waals surface area contributed by atoms with Crippen molar-refractivity contribution in [1.29, 1.82) is 0 Å². The summed E-state index contributed by atoms with van der Waals surface area (Å²) >= 11 is 0. The minimum Gasteiger partial charge on any atom is -0.342 e. The van der Waals surface area contributed by atoms with E-state index >= 15 is 0 Å². The minimum atomic E-state index is 0.104. The van der Waals surface area contributed by atoms with Crippen LogP contribution in [0.4, 0.5) is 0 Å². The zero-order valence-electron chi connectivity index (χ0n) is 11.9. The van der Waals surface area contributed by atoms with Gasteiger partial charge in [-0.2, -0.15) is 10.1 Å². The molecule has 1 aliphatic rings. The summed E-state index contributed by atoms with van der Waals surface area (Å²) in [5.74, 6) is 1.29. The van der Waals surface area contributed by atoms with Gasteiger partial charge < -0.3 is 9.42 Å². The SMILES string of the molecule is CCC(=O)N1CCC[C@H](c2nc(-c3cccnn3)no2)C1. The number of aromatic nitrogens is 4. The van der Waals surface area contributed by atoms with E-state index in [1.54, 1.807) is 18.3 Å². The van der Waals surface area contributed by atoms with Gasteiger partial charge in [0, 0.05) is 25.7 Å². The van der Waals surface area contributed by atoms with Crippen molar-refractivity contribution in [3.05, 3.63) is 24.2 Å². The number of hydrogen-bond acceptors (Lipinski definition) is 6. The fourth-order valence-electron chi connectivity index (χ4n) is 2.55. The molecule has 0 radical (unpaired) electrons. The van der Waals surface area contributed by atoms with Crippen LogP contribution in [-0.4, -0.2) is 44.2 Å². The quantitative estimate of drug-likeness (QED) is 0.853. The van der Waals surface area contributed by atoms with Crippen LogP contribution in [0.15, 0.2) is 22.9 Å². The van der Waals surface area contributed by atoms with E-state index in [2.05, 4.69) is 20.3 Å². The van der Waals surface area contributed by atoms with Crippen LogP contribution in [0, 0.1) is 0 Å². The van der Waals surface area contributed by atoms with Gasteiger partial charge in [-0.25, -0.2) is 0 Å². The average Bonchev–Trinajstić information content (AvgIpc) is 3.05. The van der Waals surface area contributed by atoms with Gasteiger partial charge >= 0.3 is 0 Å². The Balaban J connectivity index is 1.75. The van der Waals surface area contributed by atoms with Crippen LogP contribution < -0.4 is 0 Å². The van der Waals surface area contributed by atoms with Crippen LogP contribution in [0.5, 0.6) is 0 Å². The highest BCUT2D eigenvalue weighted by molar-refractivity contribution is 5.75. The molecular formula is C14H17N5O2. The molecule has 0 unspecified atom stereocenters. The first-order chi connectivity index (χ1) is 10.3. The van der Waals surface area contributed by atoms with Gasteiger partial charge in [0.05, 0.1) is 5.92 Å². The smallest absolute Gasteiger partial charge is 0.231 e. The fourth-order valence-corrected chi connectivity index (χ4v) is 2.55. The number of nitrogens with zero attached hydrogens (tertiary/aromatic N) is 5. The molecule has 1 aliphatic heterocycles. The Morgan fingerprint density at radius 1 is 1.52 bits per heavy atom. The van der Waals surface area contributed by atoms with Crippen molar-refractivity contribution in [1.82, 2.24) is 25.2 Å². The third kappa shape index (κ3) is 2.91. The van der Waals surface area contributed by atoms with Crippen molar-refractivity contribution < 1.29 is 9.32 Å². The number of rotatable bonds is 3. The third-order valence-electron chi connectivity index (χ3n) is 3.67. The van der Waals surface area contributed by atoms with Gasteiger partial charge in [-0.05, 0) is 25.0 Å². The third-order valence-corrected chi connectivity index (χ3v) is 3.67. The first-order valence-corrected chi connectivity index (χ1v) is 7.17. The topological polar surface area (TPSA) is 85.0 Å². The average molecular weight is 287 g/mol. The van der Waals surface area contributed by atoms with Gasteiger partial charge in [-0.15, -0.1) is 5.10 Å². The van der Waals surface area contributed by atoms with Crippen molar-refractivity contribution in [2.24, 2.45) is 0 Å². The summed E-state index contributed by atoms with van der Waals surface area (Å²) in [7, 11) is 0. The molecular weight excluding hydrogens is 270 g/mol. The highest BCUT2D eigenvalue weighted by atomic mass is 16.5. The summed E-state index contributed by atoms with van der Waals surface area (Å²) in [5, 5.41) is 11.7. The number of hydrogen-bond donors (Lipinski definition) is 0. The lowest BCUT2D eigenvalue weighted by molar-refractivity contribution is -0.132. The molecule has 3 rings (SSSR count). The van der Waals surface area contributed by atoms with E-state index < -0.39 is 0 Å². The Morgan fingerprint density at radius 2 is 2.43 bits per heavy atom. The van der Waals surface area contributed by atoms with Gasteiger partial charge in [0.25, 0.3) is 0 Å². The zero-order chi connectivity index (χ0) is 14.7. The van der Waals surface area contributed by atoms with Crippen molar-refractivity contribution in [3.63, 3.8) is 0 Å². The lowest BCUT2D eigenvalue weighted by Crippen LogP contribution is -2.38. The van der Waals surface area contributed by atoms with Crippen molar-refractivity contribution in [2.75, 3.05) is 13.1 Å². The first kappa shape index (κ1) is 13.7. The molecule has 0 bridgehead atoms. The van der Waals surface area contributed by atoms with Gasteiger partial charge in [0.15, 0.2) is 0 Å². The molecule has 7 heteroatoms. The number of carbonyl (C=O) groups is 1.